The summed E-state index contributed by atoms with van der Waals surface area (Å²) in [7, 11) is 0. The summed E-state index contributed by atoms with van der Waals surface area (Å²) in [5, 5.41) is 3.80. The molecule has 0 amide bonds. The van der Waals surface area contributed by atoms with Crippen LogP contribution in [0.4, 0.5) is 0 Å². The van der Waals surface area contributed by atoms with Gasteiger partial charge >= 0.3 is 0 Å². The van der Waals surface area contributed by atoms with Crippen molar-refractivity contribution < 1.29 is 4.52 Å². The van der Waals surface area contributed by atoms with Crippen LogP contribution in [0.3, 0.4) is 0 Å². The van der Waals surface area contributed by atoms with Crippen molar-refractivity contribution in [3.8, 4) is 0 Å². The van der Waals surface area contributed by atoms with Gasteiger partial charge < -0.3 is 4.52 Å². The molecule has 2 nitrogen and oxygen atoms in total. The third-order valence-electron chi connectivity index (χ3n) is 1.08. The van der Waals surface area contributed by atoms with Crippen molar-refractivity contribution >= 4 is 25.2 Å². The quantitative estimate of drug-likeness (QED) is 0.697. The van der Waals surface area contributed by atoms with Gasteiger partial charge in [-0.05, 0) is 13.8 Å². The summed E-state index contributed by atoms with van der Waals surface area (Å²) < 4.78 is 10.0. The zero-order valence-corrected chi connectivity index (χ0v) is 7.60. The van der Waals surface area contributed by atoms with Crippen LogP contribution < -0.4 is 0 Å². The van der Waals surface area contributed by atoms with Gasteiger partial charge in [-0.3, -0.25) is 0 Å². The average molecular weight is 237 g/mol. The van der Waals surface area contributed by atoms with Crippen molar-refractivity contribution in [2.45, 2.75) is 13.8 Å². The SMILES string of the molecule is C=Ic1c(C)noc1C. The van der Waals surface area contributed by atoms with Crippen LogP contribution in [0.2, 0.25) is 0 Å². The van der Waals surface area contributed by atoms with E-state index in [4.69, 9.17) is 4.52 Å². The molecule has 1 rings (SSSR count). The van der Waals surface area contributed by atoms with Crippen molar-refractivity contribution in [3.63, 3.8) is 0 Å². The minimum atomic E-state index is -0.103. The van der Waals surface area contributed by atoms with Crippen molar-refractivity contribution in [1.29, 1.82) is 0 Å². The highest BCUT2D eigenvalue weighted by Crippen LogP contribution is 2.17. The minimum Gasteiger partial charge on any atom is -0.360 e. The van der Waals surface area contributed by atoms with Crippen LogP contribution in [0, 0.1) is 17.4 Å². The van der Waals surface area contributed by atoms with E-state index in [1.807, 2.05) is 13.8 Å². The Labute approximate surface area is 64.0 Å². The second kappa shape index (κ2) is 2.60. The molecule has 0 saturated carbocycles. The van der Waals surface area contributed by atoms with Gasteiger partial charge in [-0.2, -0.15) is 0 Å². The molecule has 0 aromatic carbocycles. The van der Waals surface area contributed by atoms with Gasteiger partial charge in [0.25, 0.3) is 0 Å². The number of aromatic nitrogens is 1. The lowest BCUT2D eigenvalue weighted by molar-refractivity contribution is 0.392. The highest BCUT2D eigenvalue weighted by Gasteiger charge is 2.03. The molecule has 0 bridgehead atoms. The van der Waals surface area contributed by atoms with E-state index in [1.165, 1.54) is 3.57 Å². The van der Waals surface area contributed by atoms with E-state index in [9.17, 15) is 0 Å². The maximum atomic E-state index is 4.92. The molecule has 0 aliphatic rings. The molecule has 0 N–H and O–H groups in total. The van der Waals surface area contributed by atoms with Gasteiger partial charge in [0.2, 0.25) is 0 Å². The fraction of sp³-hybridized carbons (Fsp3) is 0.333. The first-order chi connectivity index (χ1) is 4.25. The van der Waals surface area contributed by atoms with Gasteiger partial charge in [0, 0.05) is 0 Å². The standard InChI is InChI=1S/C6H8INO/c1-4-6(7-3)5(2)9-8-4/h3H2,1-2H3. The number of rotatable bonds is 1. The van der Waals surface area contributed by atoms with E-state index in [0.29, 0.717) is 0 Å². The second-order valence-electron chi connectivity index (χ2n) is 1.77. The van der Waals surface area contributed by atoms with E-state index in [2.05, 4.69) is 9.67 Å². The van der Waals surface area contributed by atoms with Crippen LogP contribution in [0.15, 0.2) is 4.52 Å². The first-order valence-electron chi connectivity index (χ1n) is 2.57. The molecule has 9 heavy (non-hydrogen) atoms. The zero-order chi connectivity index (χ0) is 6.85. The van der Waals surface area contributed by atoms with E-state index in [-0.39, 0.29) is 20.7 Å². The molecule has 0 radical (unpaired) electrons. The van der Waals surface area contributed by atoms with Gasteiger partial charge in [0.1, 0.15) is 5.76 Å². The largest absolute Gasteiger partial charge is 0.360 e. The molecule has 1 aromatic heterocycles. The van der Waals surface area contributed by atoms with Crippen molar-refractivity contribution in [2.24, 2.45) is 0 Å². The summed E-state index contributed by atoms with van der Waals surface area (Å²) in [5.41, 5.74) is 1.01. The van der Waals surface area contributed by atoms with Crippen molar-refractivity contribution in [2.75, 3.05) is 0 Å². The normalized spacial score (nSPS) is 10.0. The van der Waals surface area contributed by atoms with E-state index >= 15 is 0 Å². The summed E-state index contributed by atoms with van der Waals surface area (Å²) in [6, 6.07) is 0. The molecule has 0 aliphatic heterocycles. The molecule has 0 saturated heterocycles. The summed E-state index contributed by atoms with van der Waals surface area (Å²) in [6.07, 6.45) is 0. The Morgan fingerprint density at radius 1 is 1.56 bits per heavy atom. The Kier molecular flexibility index (Phi) is 2.00. The van der Waals surface area contributed by atoms with Crippen molar-refractivity contribution in [1.82, 2.24) is 5.16 Å². The first-order valence-corrected chi connectivity index (χ1v) is 5.17. The summed E-state index contributed by atoms with van der Waals surface area (Å²) >= 11 is -0.103. The molecular formula is C6H8INO. The predicted molar refractivity (Wildman–Crippen MR) is 45.8 cm³/mol. The van der Waals surface area contributed by atoms with Crippen LogP contribution in [0.5, 0.6) is 0 Å². The van der Waals surface area contributed by atoms with Crippen LogP contribution in [-0.4, -0.2) is 9.67 Å². The third kappa shape index (κ3) is 1.20. The number of halogens is 1. The topological polar surface area (TPSA) is 26.0 Å². The van der Waals surface area contributed by atoms with Gasteiger partial charge in [-0.1, -0.05) is 30.4 Å². The fourth-order valence-electron chi connectivity index (χ4n) is 0.663. The van der Waals surface area contributed by atoms with Crippen LogP contribution >= 0.6 is 20.7 Å². The number of hydrogen-bond donors (Lipinski definition) is 0. The summed E-state index contributed by atoms with van der Waals surface area (Å²) in [5.74, 6) is 0.940. The number of aryl methyl sites for hydroxylation is 2. The second-order valence-corrected chi connectivity index (χ2v) is 3.61. The Hall–Kier alpha value is -0.190. The molecule has 3 heteroatoms. The van der Waals surface area contributed by atoms with Crippen LogP contribution in [0.25, 0.3) is 0 Å². The molecule has 0 unspecified atom stereocenters. The maximum Gasteiger partial charge on any atom is 0.146 e. The van der Waals surface area contributed by atoms with Crippen LogP contribution in [0.1, 0.15) is 11.5 Å². The van der Waals surface area contributed by atoms with Gasteiger partial charge in [-0.25, -0.2) is 0 Å². The molecular weight excluding hydrogens is 229 g/mol. The Morgan fingerprint density at radius 3 is 2.44 bits per heavy atom. The van der Waals surface area contributed by atoms with Crippen molar-refractivity contribution in [3.05, 3.63) is 15.0 Å². The highest BCUT2D eigenvalue weighted by molar-refractivity contribution is 14.2. The van der Waals surface area contributed by atoms with Gasteiger partial charge in [0.05, 0.1) is 9.26 Å². The third-order valence-corrected chi connectivity index (χ3v) is 3.38. The molecule has 0 atom stereocenters. The number of nitrogens with zero attached hydrogens (tertiary/aromatic N) is 1. The maximum absolute atomic E-state index is 4.92. The summed E-state index contributed by atoms with van der Waals surface area (Å²) in [4.78, 5) is 0. The minimum absolute atomic E-state index is 0.103. The number of hydrogen-bond acceptors (Lipinski definition) is 2. The van der Waals surface area contributed by atoms with E-state index in [1.54, 1.807) is 0 Å². The molecule has 0 fully saturated rings. The first kappa shape index (κ1) is 6.92. The fourth-order valence-corrected chi connectivity index (χ4v) is 1.95. The zero-order valence-electron chi connectivity index (χ0n) is 5.44. The lowest BCUT2D eigenvalue weighted by atomic mass is 10.4. The molecule has 1 heterocycles. The molecule has 0 spiro atoms. The van der Waals surface area contributed by atoms with Gasteiger partial charge in [-0.15, -0.1) is 0 Å². The Morgan fingerprint density at radius 2 is 2.22 bits per heavy atom. The lowest BCUT2D eigenvalue weighted by Gasteiger charge is -1.82. The Balaban J connectivity index is 3.22. The predicted octanol–water partition coefficient (Wildman–Crippen LogP) is 1.86. The molecule has 50 valence electrons. The highest BCUT2D eigenvalue weighted by atomic mass is 127. The molecule has 1 aromatic rings. The van der Waals surface area contributed by atoms with Gasteiger partial charge in [0.15, 0.2) is 0 Å². The Bertz CT molecular complexity index is 209. The van der Waals surface area contributed by atoms with Crippen LogP contribution in [-0.2, 0) is 0 Å². The van der Waals surface area contributed by atoms with E-state index in [0.717, 1.165) is 11.5 Å². The molecule has 0 aliphatic carbocycles. The average Bonchev–Trinajstić information content (AvgIpc) is 2.12. The monoisotopic (exact) mass is 237 g/mol. The smallest absolute Gasteiger partial charge is 0.146 e. The lowest BCUT2D eigenvalue weighted by Crippen LogP contribution is -1.73. The van der Waals surface area contributed by atoms with E-state index < -0.39 is 0 Å². The summed E-state index contributed by atoms with van der Waals surface area (Å²) in [6.45, 7) is 3.89.